The molecule has 0 heterocycles. The van der Waals surface area contributed by atoms with Gasteiger partial charge in [-0.05, 0) is 96.3 Å². The van der Waals surface area contributed by atoms with Crippen LogP contribution in [0.5, 0.6) is 0 Å². The van der Waals surface area contributed by atoms with Crippen LogP contribution in [0, 0.1) is 0 Å². The molecular weight excluding hydrogens is 1060 g/mol. The molecule has 484 valence electrons. The van der Waals surface area contributed by atoms with E-state index in [1.165, 1.54) is 186 Å². The fraction of sp³-hybridized carbons (Fsp3) is 0.730. The standard InChI is InChI=1S/C74H130NO8P/c1-6-8-10-12-14-16-18-20-22-24-26-28-30-31-32-33-34-35-36-37-38-39-40-41-42-43-45-46-48-50-52-54-56-58-60-62-64-66-73(76)80-70-72(71-82-84(78,79)81-69-68-75(3,4)5)83-74(77)67-65-63-61-59-57-55-53-51-49-47-44-29-27-25-23-21-19-17-15-13-11-9-7-2/h9,11,15,17-18,20-21,23-24,26-27,29,47,49,53,55,59,61,72H,6-8,10,12-14,16,19,22,25,28,30-46,48,50-52,54,56-58,60,62-71H2,1-5H3/b11-9-,17-15-,20-18-,23-21-,26-24-,29-27-,49-47-,55-53-,61-59-. The summed E-state index contributed by atoms with van der Waals surface area (Å²) in [5.74, 6) is -0.900. The van der Waals surface area contributed by atoms with Crippen molar-refractivity contribution in [1.82, 2.24) is 0 Å². The number of ether oxygens (including phenoxy) is 2. The van der Waals surface area contributed by atoms with E-state index in [1.54, 1.807) is 0 Å². The first-order valence-electron chi connectivity index (χ1n) is 34.6. The van der Waals surface area contributed by atoms with Gasteiger partial charge < -0.3 is 27.9 Å². The number of hydrogen-bond donors (Lipinski definition) is 0. The first kappa shape index (κ1) is 80.7. The van der Waals surface area contributed by atoms with Gasteiger partial charge in [-0.25, -0.2) is 0 Å². The summed E-state index contributed by atoms with van der Waals surface area (Å²) in [5.41, 5.74) is 0. The Kier molecular flexibility index (Phi) is 61.6. The van der Waals surface area contributed by atoms with Crippen molar-refractivity contribution in [2.75, 3.05) is 47.5 Å². The highest BCUT2D eigenvalue weighted by atomic mass is 31.2. The minimum atomic E-state index is -4.66. The van der Waals surface area contributed by atoms with Gasteiger partial charge in [-0.3, -0.25) is 14.2 Å². The molecule has 0 aliphatic heterocycles. The van der Waals surface area contributed by atoms with Crippen LogP contribution >= 0.6 is 7.82 Å². The highest BCUT2D eigenvalue weighted by Gasteiger charge is 2.22. The number of allylic oxidation sites excluding steroid dienone is 18. The van der Waals surface area contributed by atoms with Gasteiger partial charge in [0, 0.05) is 12.8 Å². The molecule has 9 nitrogen and oxygen atoms in total. The van der Waals surface area contributed by atoms with E-state index in [4.69, 9.17) is 18.5 Å². The molecule has 0 aliphatic carbocycles. The molecule has 84 heavy (non-hydrogen) atoms. The Hall–Kier alpha value is -3.33. The van der Waals surface area contributed by atoms with E-state index >= 15 is 0 Å². The number of esters is 2. The first-order chi connectivity index (χ1) is 41.0. The van der Waals surface area contributed by atoms with E-state index in [1.807, 2.05) is 27.2 Å². The van der Waals surface area contributed by atoms with Crippen molar-refractivity contribution < 1.29 is 42.1 Å². The average molecular weight is 1190 g/mol. The van der Waals surface area contributed by atoms with Crippen LogP contribution in [-0.2, 0) is 32.7 Å². The zero-order valence-corrected chi connectivity index (χ0v) is 56.0. The largest absolute Gasteiger partial charge is 0.756 e. The SMILES string of the molecule is CC/C=C\C/C=C\C/C=C\C/C=C\C/C=C\C/C=C\C/C=C\CCCC(=O)OC(COC(=O)CCCCCCCCCCCCCCCCCCCCCCCCCCC/C=C\C/C=C\CCCCCCC)COP(=O)([O-])OCC[N+](C)(C)C. The number of phosphoric ester groups is 1. The van der Waals surface area contributed by atoms with Crippen molar-refractivity contribution >= 4 is 19.8 Å². The highest BCUT2D eigenvalue weighted by molar-refractivity contribution is 7.45. The molecule has 0 aromatic heterocycles. The van der Waals surface area contributed by atoms with Crippen molar-refractivity contribution in [2.24, 2.45) is 0 Å². The normalized spacial score (nSPS) is 13.8. The highest BCUT2D eigenvalue weighted by Crippen LogP contribution is 2.38. The molecule has 0 aliphatic rings. The van der Waals surface area contributed by atoms with Crippen LogP contribution in [0.15, 0.2) is 109 Å². The molecule has 0 aromatic carbocycles. The fourth-order valence-corrected chi connectivity index (χ4v) is 10.2. The lowest BCUT2D eigenvalue weighted by atomic mass is 10.0. The summed E-state index contributed by atoms with van der Waals surface area (Å²) in [5, 5.41) is 0. The fourth-order valence-electron chi connectivity index (χ4n) is 9.50. The van der Waals surface area contributed by atoms with Gasteiger partial charge in [-0.1, -0.05) is 297 Å². The van der Waals surface area contributed by atoms with Crippen LogP contribution in [0.2, 0.25) is 0 Å². The third kappa shape index (κ3) is 67.8. The van der Waals surface area contributed by atoms with Crippen LogP contribution in [0.25, 0.3) is 0 Å². The molecule has 10 heteroatoms. The Bertz CT molecular complexity index is 1790. The van der Waals surface area contributed by atoms with E-state index in [9.17, 15) is 19.0 Å². The van der Waals surface area contributed by atoms with Crippen LogP contribution in [0.1, 0.15) is 296 Å². The molecule has 0 spiro atoms. The Balaban J connectivity index is 4.04. The van der Waals surface area contributed by atoms with Crippen LogP contribution in [-0.4, -0.2) is 70.0 Å². The molecule has 0 rings (SSSR count). The van der Waals surface area contributed by atoms with E-state index in [0.29, 0.717) is 23.9 Å². The molecule has 0 saturated carbocycles. The molecule has 2 unspecified atom stereocenters. The average Bonchev–Trinajstić information content (AvgIpc) is 3.61. The van der Waals surface area contributed by atoms with Crippen molar-refractivity contribution in [1.29, 1.82) is 0 Å². The zero-order valence-electron chi connectivity index (χ0n) is 55.1. The van der Waals surface area contributed by atoms with Gasteiger partial charge in [0.2, 0.25) is 0 Å². The lowest BCUT2D eigenvalue weighted by Gasteiger charge is -2.28. The Morgan fingerprint density at radius 1 is 0.381 bits per heavy atom. The molecule has 0 saturated heterocycles. The molecule has 0 aromatic rings. The van der Waals surface area contributed by atoms with Gasteiger partial charge in [0.25, 0.3) is 7.82 Å². The van der Waals surface area contributed by atoms with Crippen molar-refractivity contribution in [3.63, 3.8) is 0 Å². The number of rotatable bonds is 63. The number of hydrogen-bond acceptors (Lipinski definition) is 8. The maximum atomic E-state index is 12.8. The molecule has 0 N–H and O–H groups in total. The number of carbonyl (C=O) groups is 2. The smallest absolute Gasteiger partial charge is 0.306 e. The summed E-state index contributed by atoms with van der Waals surface area (Å²) in [6.45, 7) is 4.07. The minimum Gasteiger partial charge on any atom is -0.756 e. The topological polar surface area (TPSA) is 111 Å². The predicted molar refractivity (Wildman–Crippen MR) is 360 cm³/mol. The summed E-state index contributed by atoms with van der Waals surface area (Å²) < 4.78 is 34.2. The van der Waals surface area contributed by atoms with Gasteiger partial charge in [0.15, 0.2) is 6.10 Å². The quantitative estimate of drug-likeness (QED) is 0.0195. The van der Waals surface area contributed by atoms with E-state index in [0.717, 1.165) is 70.6 Å². The van der Waals surface area contributed by atoms with Crippen molar-refractivity contribution in [3.05, 3.63) is 109 Å². The summed E-state index contributed by atoms with van der Waals surface area (Å²) >= 11 is 0. The van der Waals surface area contributed by atoms with Crippen molar-refractivity contribution in [3.8, 4) is 0 Å². The molecular formula is C74H130NO8P. The van der Waals surface area contributed by atoms with E-state index < -0.39 is 32.5 Å². The summed E-state index contributed by atoms with van der Waals surface area (Å²) in [6.07, 6.45) is 90.5. The van der Waals surface area contributed by atoms with Crippen molar-refractivity contribution in [2.45, 2.75) is 302 Å². The molecule has 2 atom stereocenters. The molecule has 0 fully saturated rings. The van der Waals surface area contributed by atoms with E-state index in [-0.39, 0.29) is 26.1 Å². The van der Waals surface area contributed by atoms with Crippen LogP contribution in [0.3, 0.4) is 0 Å². The summed E-state index contributed by atoms with van der Waals surface area (Å²) in [6, 6.07) is 0. The lowest BCUT2D eigenvalue weighted by molar-refractivity contribution is -0.870. The van der Waals surface area contributed by atoms with Gasteiger partial charge in [-0.15, -0.1) is 0 Å². The Labute approximate surface area is 518 Å². The van der Waals surface area contributed by atoms with Gasteiger partial charge in [-0.2, -0.15) is 0 Å². The number of quaternary nitrogens is 1. The monoisotopic (exact) mass is 1190 g/mol. The van der Waals surface area contributed by atoms with Crippen LogP contribution < -0.4 is 4.89 Å². The number of phosphoric acid groups is 1. The number of carbonyl (C=O) groups excluding carboxylic acids is 2. The van der Waals surface area contributed by atoms with Gasteiger partial charge in [0.1, 0.15) is 19.8 Å². The Morgan fingerprint density at radius 3 is 1.05 bits per heavy atom. The minimum absolute atomic E-state index is 0.0459. The maximum absolute atomic E-state index is 12.8. The first-order valence-corrected chi connectivity index (χ1v) is 36.1. The maximum Gasteiger partial charge on any atom is 0.306 e. The second-order valence-corrected chi connectivity index (χ2v) is 25.6. The van der Waals surface area contributed by atoms with Gasteiger partial charge in [0.05, 0.1) is 27.7 Å². The molecule has 0 bridgehead atoms. The van der Waals surface area contributed by atoms with Gasteiger partial charge >= 0.3 is 11.9 Å². The third-order valence-corrected chi connectivity index (χ3v) is 15.7. The zero-order chi connectivity index (χ0) is 61.2. The number of unbranched alkanes of at least 4 members (excludes halogenated alkanes) is 31. The van der Waals surface area contributed by atoms with Crippen LogP contribution in [0.4, 0.5) is 0 Å². The second kappa shape index (κ2) is 64.2. The number of likely N-dealkylation sites (N-methyl/N-ethyl adjacent to an activating group) is 1. The predicted octanol–water partition coefficient (Wildman–Crippen LogP) is 21.9. The summed E-state index contributed by atoms with van der Waals surface area (Å²) in [4.78, 5) is 38.0. The second-order valence-electron chi connectivity index (χ2n) is 24.2. The lowest BCUT2D eigenvalue weighted by Crippen LogP contribution is -2.37. The van der Waals surface area contributed by atoms with E-state index in [2.05, 4.69) is 117 Å². The number of nitrogens with zero attached hydrogens (tertiary/aromatic N) is 1. The molecule has 0 amide bonds. The molecule has 0 radical (unpaired) electrons. The Morgan fingerprint density at radius 2 is 0.690 bits per heavy atom. The summed E-state index contributed by atoms with van der Waals surface area (Å²) in [7, 11) is 1.12. The third-order valence-electron chi connectivity index (χ3n) is 14.8.